The summed E-state index contributed by atoms with van der Waals surface area (Å²) in [5, 5.41) is 9.00. The normalized spacial score (nSPS) is 26.4. The lowest BCUT2D eigenvalue weighted by Gasteiger charge is -2.39. The van der Waals surface area contributed by atoms with Crippen LogP contribution in [0, 0.1) is 0 Å². The van der Waals surface area contributed by atoms with E-state index in [-0.39, 0.29) is 0 Å². The molecule has 3 nitrogen and oxygen atoms in total. The summed E-state index contributed by atoms with van der Waals surface area (Å²) in [6.45, 7) is 4.52. The number of rotatable bonds is 5. The molecule has 1 saturated heterocycles. The first kappa shape index (κ1) is 12.0. The van der Waals surface area contributed by atoms with Crippen molar-refractivity contribution in [1.29, 1.82) is 0 Å². The summed E-state index contributed by atoms with van der Waals surface area (Å²) in [6.07, 6.45) is 5.86. The van der Waals surface area contributed by atoms with Crippen molar-refractivity contribution in [3.63, 3.8) is 0 Å². The zero-order chi connectivity index (χ0) is 10.4. The number of aliphatic hydroxyl groups excluding tert-OH is 1. The molecule has 3 heteroatoms. The topological polar surface area (TPSA) is 49.5 Å². The molecule has 0 radical (unpaired) electrons. The molecular weight excluding hydrogens is 176 g/mol. The molecule has 0 aromatic carbocycles. The Morgan fingerprint density at radius 2 is 2.29 bits per heavy atom. The summed E-state index contributed by atoms with van der Waals surface area (Å²) in [4.78, 5) is 2.53. The van der Waals surface area contributed by atoms with Gasteiger partial charge in [-0.15, -0.1) is 0 Å². The fourth-order valence-corrected chi connectivity index (χ4v) is 2.47. The fourth-order valence-electron chi connectivity index (χ4n) is 2.47. The molecule has 0 saturated carbocycles. The Morgan fingerprint density at radius 3 is 2.93 bits per heavy atom. The summed E-state index contributed by atoms with van der Waals surface area (Å²) >= 11 is 0. The largest absolute Gasteiger partial charge is 0.396 e. The average Bonchev–Trinajstić information content (AvgIpc) is 2.19. The Kier molecular flexibility index (Phi) is 5.45. The van der Waals surface area contributed by atoms with Gasteiger partial charge in [0.1, 0.15) is 0 Å². The molecule has 0 amide bonds. The van der Waals surface area contributed by atoms with E-state index in [2.05, 4.69) is 11.8 Å². The van der Waals surface area contributed by atoms with Gasteiger partial charge in [-0.05, 0) is 45.7 Å². The average molecular weight is 200 g/mol. The second-order valence-corrected chi connectivity index (χ2v) is 4.33. The van der Waals surface area contributed by atoms with Crippen molar-refractivity contribution in [2.75, 3.05) is 19.7 Å². The number of piperidine rings is 1. The molecule has 0 aromatic heterocycles. The standard InChI is InChI=1S/C11H24N2O/c1-10(5-7-12)13-8-3-2-4-11(13)6-9-14/h10-11,14H,2-9,12H2,1H3. The summed E-state index contributed by atoms with van der Waals surface area (Å²) in [7, 11) is 0. The highest BCUT2D eigenvalue weighted by molar-refractivity contribution is 4.80. The Labute approximate surface area is 87.3 Å². The predicted octanol–water partition coefficient (Wildman–Crippen LogP) is 0.961. The third kappa shape index (κ3) is 3.23. The van der Waals surface area contributed by atoms with E-state index in [1.165, 1.54) is 25.8 Å². The first-order chi connectivity index (χ1) is 6.79. The fraction of sp³-hybridized carbons (Fsp3) is 1.00. The Balaban J connectivity index is 2.44. The number of nitrogens with two attached hydrogens (primary N) is 1. The summed E-state index contributed by atoms with van der Waals surface area (Å²) < 4.78 is 0. The number of likely N-dealkylation sites (tertiary alicyclic amines) is 1. The van der Waals surface area contributed by atoms with E-state index >= 15 is 0 Å². The van der Waals surface area contributed by atoms with Gasteiger partial charge in [0.25, 0.3) is 0 Å². The van der Waals surface area contributed by atoms with Crippen LogP contribution in [0.5, 0.6) is 0 Å². The molecule has 1 heterocycles. The van der Waals surface area contributed by atoms with E-state index in [0.29, 0.717) is 18.7 Å². The van der Waals surface area contributed by atoms with Crippen LogP contribution in [0.2, 0.25) is 0 Å². The van der Waals surface area contributed by atoms with Gasteiger partial charge in [0.2, 0.25) is 0 Å². The van der Waals surface area contributed by atoms with Crippen LogP contribution in [0.1, 0.15) is 39.0 Å². The van der Waals surface area contributed by atoms with Gasteiger partial charge in [-0.25, -0.2) is 0 Å². The lowest BCUT2D eigenvalue weighted by atomic mass is 9.97. The number of hydrogen-bond donors (Lipinski definition) is 2. The van der Waals surface area contributed by atoms with Gasteiger partial charge in [-0.1, -0.05) is 6.42 Å². The summed E-state index contributed by atoms with van der Waals surface area (Å²) in [6, 6.07) is 1.17. The van der Waals surface area contributed by atoms with Crippen LogP contribution >= 0.6 is 0 Å². The molecule has 0 bridgehead atoms. The van der Waals surface area contributed by atoms with Crippen LogP contribution in [0.25, 0.3) is 0 Å². The number of hydrogen-bond acceptors (Lipinski definition) is 3. The molecule has 1 rings (SSSR count). The van der Waals surface area contributed by atoms with Crippen LogP contribution in [0.4, 0.5) is 0 Å². The van der Waals surface area contributed by atoms with Crippen LogP contribution < -0.4 is 5.73 Å². The van der Waals surface area contributed by atoms with E-state index in [1.54, 1.807) is 0 Å². The third-order valence-corrected chi connectivity index (χ3v) is 3.29. The van der Waals surface area contributed by atoms with Gasteiger partial charge in [0, 0.05) is 18.7 Å². The first-order valence-corrected chi connectivity index (χ1v) is 5.86. The zero-order valence-electron chi connectivity index (χ0n) is 9.28. The molecular formula is C11H24N2O. The summed E-state index contributed by atoms with van der Waals surface area (Å²) in [5.74, 6) is 0. The quantitative estimate of drug-likeness (QED) is 0.695. The monoisotopic (exact) mass is 200 g/mol. The number of nitrogens with zero attached hydrogens (tertiary/aromatic N) is 1. The molecule has 0 aliphatic carbocycles. The van der Waals surface area contributed by atoms with Crippen molar-refractivity contribution in [2.24, 2.45) is 5.73 Å². The van der Waals surface area contributed by atoms with Crippen molar-refractivity contribution in [3.05, 3.63) is 0 Å². The minimum atomic E-state index is 0.316. The van der Waals surface area contributed by atoms with Gasteiger partial charge in [-0.2, -0.15) is 0 Å². The van der Waals surface area contributed by atoms with E-state index in [1.807, 2.05) is 0 Å². The van der Waals surface area contributed by atoms with Gasteiger partial charge >= 0.3 is 0 Å². The predicted molar refractivity (Wildman–Crippen MR) is 59.2 cm³/mol. The van der Waals surface area contributed by atoms with Crippen molar-refractivity contribution < 1.29 is 5.11 Å². The molecule has 0 spiro atoms. The molecule has 84 valence electrons. The van der Waals surface area contributed by atoms with Crippen molar-refractivity contribution in [1.82, 2.24) is 4.90 Å². The van der Waals surface area contributed by atoms with E-state index in [4.69, 9.17) is 10.8 Å². The highest BCUT2D eigenvalue weighted by Gasteiger charge is 2.25. The lowest BCUT2D eigenvalue weighted by Crippen LogP contribution is -2.46. The van der Waals surface area contributed by atoms with Gasteiger partial charge in [0.05, 0.1) is 0 Å². The maximum absolute atomic E-state index is 9.00. The second-order valence-electron chi connectivity index (χ2n) is 4.33. The minimum Gasteiger partial charge on any atom is -0.396 e. The van der Waals surface area contributed by atoms with Crippen LogP contribution in [0.15, 0.2) is 0 Å². The van der Waals surface area contributed by atoms with E-state index in [9.17, 15) is 0 Å². The maximum Gasteiger partial charge on any atom is 0.0445 e. The summed E-state index contributed by atoms with van der Waals surface area (Å²) in [5.41, 5.74) is 5.58. The first-order valence-electron chi connectivity index (χ1n) is 5.86. The van der Waals surface area contributed by atoms with Gasteiger partial charge in [-0.3, -0.25) is 4.90 Å². The van der Waals surface area contributed by atoms with E-state index in [0.717, 1.165) is 19.4 Å². The second kappa shape index (κ2) is 6.38. The van der Waals surface area contributed by atoms with Crippen LogP contribution in [-0.4, -0.2) is 41.8 Å². The highest BCUT2D eigenvalue weighted by atomic mass is 16.3. The third-order valence-electron chi connectivity index (χ3n) is 3.29. The lowest BCUT2D eigenvalue weighted by molar-refractivity contribution is 0.0800. The van der Waals surface area contributed by atoms with Gasteiger partial charge < -0.3 is 10.8 Å². The highest BCUT2D eigenvalue weighted by Crippen LogP contribution is 2.22. The molecule has 0 aromatic rings. The Morgan fingerprint density at radius 1 is 1.50 bits per heavy atom. The van der Waals surface area contributed by atoms with Crippen LogP contribution in [-0.2, 0) is 0 Å². The zero-order valence-corrected chi connectivity index (χ0v) is 9.28. The molecule has 1 aliphatic heterocycles. The molecule has 2 unspecified atom stereocenters. The Hall–Kier alpha value is -0.120. The minimum absolute atomic E-state index is 0.316. The Bertz CT molecular complexity index is 150. The van der Waals surface area contributed by atoms with Crippen molar-refractivity contribution >= 4 is 0 Å². The maximum atomic E-state index is 9.00. The van der Waals surface area contributed by atoms with Crippen LogP contribution in [0.3, 0.4) is 0 Å². The van der Waals surface area contributed by atoms with Crippen molar-refractivity contribution in [3.8, 4) is 0 Å². The molecule has 14 heavy (non-hydrogen) atoms. The smallest absolute Gasteiger partial charge is 0.0445 e. The molecule has 2 atom stereocenters. The number of aliphatic hydroxyl groups is 1. The van der Waals surface area contributed by atoms with Gasteiger partial charge in [0.15, 0.2) is 0 Å². The molecule has 1 aliphatic rings. The molecule has 3 N–H and O–H groups in total. The SMILES string of the molecule is CC(CCN)N1CCCCC1CCO. The van der Waals surface area contributed by atoms with E-state index < -0.39 is 0 Å². The van der Waals surface area contributed by atoms with Crippen molar-refractivity contribution in [2.45, 2.75) is 51.1 Å². The molecule has 1 fully saturated rings.